The van der Waals surface area contributed by atoms with E-state index in [0.717, 1.165) is 47.1 Å². The van der Waals surface area contributed by atoms with Crippen LogP contribution in [0.2, 0.25) is 0 Å². The predicted molar refractivity (Wildman–Crippen MR) is 207 cm³/mol. The molecule has 292 valence electrons. The average molecular weight is 772 g/mol. The quantitative estimate of drug-likeness (QED) is 0.300. The Balaban J connectivity index is 1.22. The molecular weight excluding hydrogens is 723 g/mol. The summed E-state index contributed by atoms with van der Waals surface area (Å²) in [4.78, 5) is 63.0. The summed E-state index contributed by atoms with van der Waals surface area (Å²) in [5, 5.41) is 9.60. The molecule has 4 bridgehead atoms. The number of rotatable bonds is 6. The summed E-state index contributed by atoms with van der Waals surface area (Å²) < 4.78 is 33.1. The number of amides is 4. The second-order valence-corrected chi connectivity index (χ2v) is 18.2. The molecule has 4 amide bonds. The third-order valence-corrected chi connectivity index (χ3v) is 12.9. The predicted octanol–water partition coefficient (Wildman–Crippen LogP) is 4.80. The minimum Gasteiger partial charge on any atom is -0.450 e. The van der Waals surface area contributed by atoms with Crippen LogP contribution in [0, 0.1) is 11.3 Å². The van der Waals surface area contributed by atoms with Gasteiger partial charge in [0.25, 0.3) is 5.91 Å². The summed E-state index contributed by atoms with van der Waals surface area (Å²) in [5.41, 5.74) is 3.13. The molecule has 0 unspecified atom stereocenters. The molecule has 14 heteroatoms. The van der Waals surface area contributed by atoms with Crippen molar-refractivity contribution in [2.24, 2.45) is 16.5 Å². The molecule has 7 rings (SSSR count). The van der Waals surface area contributed by atoms with Gasteiger partial charge in [0.2, 0.25) is 21.8 Å². The van der Waals surface area contributed by atoms with E-state index < -0.39 is 74.1 Å². The first-order valence-electron chi connectivity index (χ1n) is 19.1. The lowest BCUT2D eigenvalue weighted by Crippen LogP contribution is -2.60. The first-order chi connectivity index (χ1) is 26.2. The van der Waals surface area contributed by atoms with Gasteiger partial charge in [-0.25, -0.2) is 13.2 Å². The van der Waals surface area contributed by atoms with Crippen molar-refractivity contribution in [3.63, 3.8) is 0 Å². The van der Waals surface area contributed by atoms with Crippen LogP contribution in [0.3, 0.4) is 0 Å². The van der Waals surface area contributed by atoms with E-state index >= 15 is 0 Å². The van der Waals surface area contributed by atoms with Crippen LogP contribution in [0.25, 0.3) is 17.2 Å². The lowest BCUT2D eigenvalue weighted by atomic mass is 9.85. The molecule has 3 aliphatic carbocycles. The Kier molecular flexibility index (Phi) is 10.4. The van der Waals surface area contributed by atoms with Crippen molar-refractivity contribution in [3.8, 4) is 11.1 Å². The molecule has 5 aliphatic rings. The number of fused-ring (bicyclic) bond motifs is 6. The highest BCUT2D eigenvalue weighted by molar-refractivity contribution is 7.91. The molecule has 55 heavy (non-hydrogen) atoms. The van der Waals surface area contributed by atoms with Crippen LogP contribution in [0.4, 0.5) is 4.79 Å². The van der Waals surface area contributed by atoms with Gasteiger partial charge in [0.05, 0.1) is 18.4 Å². The molecule has 0 spiro atoms. The third-order valence-electron chi connectivity index (χ3n) is 11.1. The Bertz CT molecular complexity index is 2070. The number of hydrogen-bond donors (Lipinski definition) is 3. The fraction of sp³-hybridized carbons (Fsp3) is 0.488. The summed E-state index contributed by atoms with van der Waals surface area (Å²) in [5.74, 6) is -2.55. The highest BCUT2D eigenvalue weighted by Gasteiger charge is 2.62. The number of hydrogen-bond acceptors (Lipinski definition) is 9. The van der Waals surface area contributed by atoms with E-state index in [1.165, 1.54) is 11.0 Å². The van der Waals surface area contributed by atoms with Gasteiger partial charge >= 0.3 is 6.09 Å². The minimum absolute atomic E-state index is 0.0176. The number of allylic oxidation sites excluding steroid dienone is 1. The molecular formula is C41H49N5O8S. The summed E-state index contributed by atoms with van der Waals surface area (Å²) in [6.45, 7) is 9.33. The Morgan fingerprint density at radius 2 is 1.78 bits per heavy atom. The van der Waals surface area contributed by atoms with Gasteiger partial charge in [-0.05, 0) is 73.1 Å². The van der Waals surface area contributed by atoms with Gasteiger partial charge in [-0.15, -0.1) is 6.58 Å². The molecule has 2 heterocycles. The van der Waals surface area contributed by atoms with E-state index in [0.29, 0.717) is 25.0 Å². The zero-order valence-electron chi connectivity index (χ0n) is 31.5. The van der Waals surface area contributed by atoms with E-state index in [2.05, 4.69) is 57.4 Å². The van der Waals surface area contributed by atoms with E-state index in [4.69, 9.17) is 9.57 Å². The van der Waals surface area contributed by atoms with E-state index in [9.17, 15) is 27.6 Å². The van der Waals surface area contributed by atoms with E-state index in [1.54, 1.807) is 20.8 Å². The Labute approximate surface area is 322 Å². The van der Waals surface area contributed by atoms with Gasteiger partial charge in [0.15, 0.2) is 0 Å². The molecule has 13 nitrogen and oxygen atoms in total. The fourth-order valence-electron chi connectivity index (χ4n) is 7.68. The number of benzene rings is 2. The Morgan fingerprint density at radius 1 is 1.04 bits per heavy atom. The van der Waals surface area contributed by atoms with Gasteiger partial charge in [-0.2, -0.15) is 0 Å². The van der Waals surface area contributed by atoms with Crippen LogP contribution in [0.15, 0.2) is 66.4 Å². The number of ether oxygens (including phenoxy) is 1. The van der Waals surface area contributed by atoms with Crippen LogP contribution in [0.5, 0.6) is 0 Å². The smallest absolute Gasteiger partial charge is 0.407 e. The van der Waals surface area contributed by atoms with E-state index in [1.807, 2.05) is 24.3 Å². The molecule has 0 aromatic heterocycles. The topological polar surface area (TPSA) is 173 Å². The Hall–Kier alpha value is -4.98. The van der Waals surface area contributed by atoms with Crippen molar-refractivity contribution in [2.45, 2.75) is 101 Å². The SMILES string of the molecule is C=C[C@@H]1C[C@]1(NC(=O)[C@@H]1C[C@@H]2CN1C(=O)[C@H](C(C)(C)C)NC(=O)OCCCCC/C=C/c1ccc3c(c1)C(=NO2)c1ccccc1-3)C(=O)NS(=O)(=O)C1CC1. The van der Waals surface area contributed by atoms with Gasteiger partial charge < -0.3 is 25.1 Å². The van der Waals surface area contributed by atoms with Crippen LogP contribution < -0.4 is 15.4 Å². The fourth-order valence-corrected chi connectivity index (χ4v) is 9.04. The van der Waals surface area contributed by atoms with Crippen LogP contribution in [0.1, 0.15) is 88.8 Å². The summed E-state index contributed by atoms with van der Waals surface area (Å²) >= 11 is 0. The van der Waals surface area contributed by atoms with Crippen molar-refractivity contribution in [2.75, 3.05) is 13.2 Å². The normalized spacial score (nSPS) is 27.5. The number of nitrogens with zero attached hydrogens (tertiary/aromatic N) is 2. The molecule has 3 fully saturated rings. The number of sulfonamides is 1. The zero-order chi connectivity index (χ0) is 39.1. The van der Waals surface area contributed by atoms with E-state index in [-0.39, 0.29) is 26.0 Å². The van der Waals surface area contributed by atoms with Crippen molar-refractivity contribution < 1.29 is 37.2 Å². The maximum absolute atomic E-state index is 14.5. The number of alkyl carbamates (subject to hydrolysis) is 1. The Morgan fingerprint density at radius 3 is 2.49 bits per heavy atom. The molecule has 0 radical (unpaired) electrons. The minimum atomic E-state index is -3.90. The zero-order valence-corrected chi connectivity index (χ0v) is 32.3. The second kappa shape index (κ2) is 14.9. The average Bonchev–Trinajstić information content (AvgIpc) is 4.06. The first-order valence-corrected chi connectivity index (χ1v) is 20.7. The summed E-state index contributed by atoms with van der Waals surface area (Å²) in [6, 6.07) is 11.9. The first kappa shape index (κ1) is 38.3. The van der Waals surface area contributed by atoms with Crippen molar-refractivity contribution in [3.05, 3.63) is 77.9 Å². The highest BCUT2D eigenvalue weighted by atomic mass is 32.2. The number of cyclic esters (lactones) is 1. The van der Waals surface area contributed by atoms with Crippen molar-refractivity contribution >= 4 is 45.6 Å². The van der Waals surface area contributed by atoms with Crippen molar-refractivity contribution in [1.29, 1.82) is 0 Å². The number of carbonyl (C=O) groups excluding carboxylic acids is 4. The standard InChI is InChI=1S/C41H49N5O8S/c1-5-26-23-41(26,38(49)45-55(51,52)28-17-18-28)43-36(47)33-22-27-24-46(33)37(48)35(40(2,3)4)42-39(50)53-20-12-8-6-7-9-13-25-16-19-30-29-14-10-11-15-31(29)34(44-54-27)32(30)21-25/h5,9-11,13-16,19,21,26-28,33,35H,1,6-8,12,17-18,20,22-24H2,2-4H3,(H,42,50)(H,43,47)(H,45,49)/b13-9+,44-34?/t26-,27-,33+,35-,41-/m1/s1. The van der Waals surface area contributed by atoms with Crippen LogP contribution in [-0.4, -0.2) is 85.0 Å². The van der Waals surface area contributed by atoms with Crippen LogP contribution in [-0.2, 0) is 34.0 Å². The molecule has 2 saturated carbocycles. The molecule has 1 saturated heterocycles. The molecule has 5 atom stereocenters. The van der Waals surface area contributed by atoms with Gasteiger partial charge in [-0.3, -0.25) is 19.1 Å². The largest absolute Gasteiger partial charge is 0.450 e. The maximum Gasteiger partial charge on any atom is 0.407 e. The molecule has 2 aromatic rings. The molecule has 2 aliphatic heterocycles. The summed E-state index contributed by atoms with van der Waals surface area (Å²) in [6.07, 6.45) is 8.59. The van der Waals surface area contributed by atoms with Gasteiger partial charge in [0, 0.05) is 23.5 Å². The van der Waals surface area contributed by atoms with Crippen LogP contribution >= 0.6 is 0 Å². The number of oxime groups is 1. The molecule has 3 N–H and O–H groups in total. The highest BCUT2D eigenvalue weighted by Crippen LogP contribution is 2.46. The lowest BCUT2D eigenvalue weighted by Gasteiger charge is -2.35. The lowest BCUT2D eigenvalue weighted by molar-refractivity contribution is -0.143. The summed E-state index contributed by atoms with van der Waals surface area (Å²) in [7, 11) is -3.90. The molecule has 2 aromatic carbocycles. The van der Waals surface area contributed by atoms with Gasteiger partial charge in [0.1, 0.15) is 29.4 Å². The third kappa shape index (κ3) is 7.91. The maximum atomic E-state index is 14.5. The number of nitrogens with one attached hydrogen (secondary N) is 3. The second-order valence-electron chi connectivity index (χ2n) is 16.3. The monoisotopic (exact) mass is 771 g/mol. The van der Waals surface area contributed by atoms with Gasteiger partial charge in [-0.1, -0.05) is 80.6 Å². The number of carbonyl (C=O) groups is 4. The van der Waals surface area contributed by atoms with Crippen molar-refractivity contribution in [1.82, 2.24) is 20.3 Å².